The van der Waals surface area contributed by atoms with Gasteiger partial charge in [-0.05, 0) is 72.7 Å². The third-order valence-electron chi connectivity index (χ3n) is 8.16. The largest absolute Gasteiger partial charge is 0.378 e. The number of rotatable bonds is 1. The molecule has 2 heterocycles. The lowest BCUT2D eigenvalue weighted by molar-refractivity contribution is -0.0890. The van der Waals surface area contributed by atoms with Crippen LogP contribution in [0.4, 0.5) is 0 Å². The highest BCUT2D eigenvalue weighted by Gasteiger charge is 2.59. The van der Waals surface area contributed by atoms with E-state index in [1.165, 1.54) is 44.1 Å². The van der Waals surface area contributed by atoms with E-state index in [2.05, 4.69) is 29.9 Å². The van der Waals surface area contributed by atoms with Crippen LogP contribution in [0.2, 0.25) is 0 Å². The first-order valence-electron chi connectivity index (χ1n) is 9.71. The molecule has 6 unspecified atom stereocenters. The van der Waals surface area contributed by atoms with Gasteiger partial charge in [-0.15, -0.1) is 0 Å². The normalized spacial score (nSPS) is 46.8. The van der Waals surface area contributed by atoms with Crippen molar-refractivity contribution in [1.29, 1.82) is 0 Å². The molecule has 1 aliphatic heterocycles. The lowest BCUT2D eigenvalue weighted by atomic mass is 9.48. The number of allylic oxidation sites excluding steroid dienone is 2. The lowest BCUT2D eigenvalue weighted by Crippen LogP contribution is -2.51. The Morgan fingerprint density at radius 2 is 2.00 bits per heavy atom. The van der Waals surface area contributed by atoms with Crippen LogP contribution in [0.15, 0.2) is 24.7 Å². The maximum absolute atomic E-state index is 6.10. The smallest absolute Gasteiger partial charge is 0.0847 e. The fraction of sp³-hybridized carbons (Fsp3) is 0.714. The van der Waals surface area contributed by atoms with Gasteiger partial charge < -0.3 is 4.74 Å². The van der Waals surface area contributed by atoms with Gasteiger partial charge in [-0.1, -0.05) is 19.9 Å². The molecule has 128 valence electrons. The van der Waals surface area contributed by atoms with Crippen molar-refractivity contribution >= 4 is 5.57 Å². The Hall–Kier alpha value is -1.22. The van der Waals surface area contributed by atoms with Gasteiger partial charge in [0.05, 0.1) is 18.0 Å². The molecule has 3 heteroatoms. The number of ether oxygens (including phenoxy) is 1. The topological polar surface area (TPSA) is 35.0 Å². The summed E-state index contributed by atoms with van der Waals surface area (Å²) in [6.45, 7) is 6.01. The Bertz CT molecular complexity index is 672. The molecule has 5 rings (SSSR count). The summed E-state index contributed by atoms with van der Waals surface area (Å²) >= 11 is 0. The van der Waals surface area contributed by atoms with Gasteiger partial charge in [0.15, 0.2) is 0 Å². The van der Waals surface area contributed by atoms with E-state index in [4.69, 9.17) is 4.74 Å². The Morgan fingerprint density at radius 3 is 2.83 bits per heavy atom. The molecule has 0 aromatic carbocycles. The van der Waals surface area contributed by atoms with Crippen molar-refractivity contribution in [2.45, 2.75) is 58.5 Å². The Morgan fingerprint density at radius 1 is 1.08 bits per heavy atom. The molecular weight excluding hydrogens is 296 g/mol. The van der Waals surface area contributed by atoms with Crippen molar-refractivity contribution in [3.8, 4) is 0 Å². The van der Waals surface area contributed by atoms with Gasteiger partial charge >= 0.3 is 0 Å². The quantitative estimate of drug-likeness (QED) is 0.763. The van der Waals surface area contributed by atoms with Crippen LogP contribution in [0.3, 0.4) is 0 Å². The Labute approximate surface area is 144 Å². The molecule has 3 aliphatic carbocycles. The molecule has 3 nitrogen and oxygen atoms in total. The highest BCUT2D eigenvalue weighted by atomic mass is 16.5. The predicted molar refractivity (Wildman–Crippen MR) is 94.1 cm³/mol. The zero-order valence-corrected chi connectivity index (χ0v) is 14.9. The van der Waals surface area contributed by atoms with Crippen molar-refractivity contribution in [1.82, 2.24) is 9.97 Å². The van der Waals surface area contributed by atoms with E-state index in [0.29, 0.717) is 16.9 Å². The summed E-state index contributed by atoms with van der Waals surface area (Å²) in [5, 5.41) is 0. The Kier molecular flexibility index (Phi) is 3.23. The van der Waals surface area contributed by atoms with Crippen molar-refractivity contribution in [3.63, 3.8) is 0 Å². The molecule has 0 N–H and O–H groups in total. The van der Waals surface area contributed by atoms with Gasteiger partial charge in [0, 0.05) is 19.0 Å². The van der Waals surface area contributed by atoms with Crippen molar-refractivity contribution in [2.75, 3.05) is 6.61 Å². The van der Waals surface area contributed by atoms with E-state index >= 15 is 0 Å². The third-order valence-corrected chi connectivity index (χ3v) is 8.16. The number of aromatic nitrogens is 2. The van der Waals surface area contributed by atoms with Gasteiger partial charge in [0.25, 0.3) is 0 Å². The molecular formula is C21H28N2O. The molecule has 6 atom stereocenters. The molecule has 1 aromatic heterocycles. The summed E-state index contributed by atoms with van der Waals surface area (Å²) < 4.78 is 6.10. The minimum absolute atomic E-state index is 0.292. The summed E-state index contributed by atoms with van der Waals surface area (Å²) in [5.41, 5.74) is 3.29. The summed E-state index contributed by atoms with van der Waals surface area (Å²) in [4.78, 5) is 8.93. The molecule has 3 fully saturated rings. The Balaban J connectivity index is 1.48. The molecule has 1 aromatic rings. The fourth-order valence-electron chi connectivity index (χ4n) is 6.86. The second-order valence-corrected chi connectivity index (χ2v) is 8.97. The molecule has 0 spiro atoms. The first kappa shape index (κ1) is 15.1. The minimum Gasteiger partial charge on any atom is -0.378 e. The average molecular weight is 324 g/mol. The van der Waals surface area contributed by atoms with Crippen molar-refractivity contribution < 1.29 is 4.74 Å². The highest BCUT2D eigenvalue weighted by Crippen LogP contribution is 2.66. The van der Waals surface area contributed by atoms with Crippen LogP contribution >= 0.6 is 0 Å². The lowest BCUT2D eigenvalue weighted by Gasteiger charge is -2.56. The summed E-state index contributed by atoms with van der Waals surface area (Å²) in [5.74, 6) is 2.50. The van der Waals surface area contributed by atoms with Gasteiger partial charge in [-0.2, -0.15) is 0 Å². The number of hydrogen-bond donors (Lipinski definition) is 0. The van der Waals surface area contributed by atoms with E-state index in [0.717, 1.165) is 30.1 Å². The molecule has 1 saturated heterocycles. The van der Waals surface area contributed by atoms with Gasteiger partial charge in [0.2, 0.25) is 0 Å². The van der Waals surface area contributed by atoms with Crippen LogP contribution < -0.4 is 0 Å². The van der Waals surface area contributed by atoms with Crippen LogP contribution in [-0.2, 0) is 4.74 Å². The molecule has 24 heavy (non-hydrogen) atoms. The van der Waals surface area contributed by atoms with Crippen LogP contribution in [0.25, 0.3) is 5.57 Å². The van der Waals surface area contributed by atoms with Crippen LogP contribution in [0.5, 0.6) is 0 Å². The molecule has 0 radical (unpaired) electrons. The minimum atomic E-state index is 0.292. The van der Waals surface area contributed by atoms with E-state index < -0.39 is 0 Å². The first-order valence-corrected chi connectivity index (χ1v) is 9.71. The number of hydrogen-bond acceptors (Lipinski definition) is 3. The number of nitrogens with zero attached hydrogens (tertiary/aromatic N) is 2. The maximum Gasteiger partial charge on any atom is 0.0847 e. The van der Waals surface area contributed by atoms with E-state index in [1.807, 2.05) is 12.4 Å². The summed E-state index contributed by atoms with van der Waals surface area (Å²) in [6.07, 6.45) is 16.3. The van der Waals surface area contributed by atoms with Crippen molar-refractivity contribution in [2.24, 2.45) is 28.6 Å². The second kappa shape index (κ2) is 5.14. The highest BCUT2D eigenvalue weighted by molar-refractivity contribution is 5.70. The van der Waals surface area contributed by atoms with Gasteiger partial charge in [-0.3, -0.25) is 9.97 Å². The fourth-order valence-corrected chi connectivity index (χ4v) is 6.86. The molecule has 4 aliphatic rings. The van der Waals surface area contributed by atoms with Crippen molar-refractivity contribution in [3.05, 3.63) is 30.4 Å². The van der Waals surface area contributed by atoms with E-state index in [1.54, 1.807) is 6.20 Å². The predicted octanol–water partition coefficient (Wildman–Crippen LogP) is 4.50. The third kappa shape index (κ3) is 1.88. The molecule has 0 bridgehead atoms. The monoisotopic (exact) mass is 324 g/mol. The van der Waals surface area contributed by atoms with Crippen LogP contribution in [0, 0.1) is 28.6 Å². The standard InChI is InChI=1S/C21H28N2O/c1-20-8-7-16-14(3-6-19-21(16,2)9-12-24-19)15(20)4-5-17(20)18-13-22-10-11-23-18/h5,10-11,13-16,19H,3-4,6-9,12H2,1-2H3. The van der Waals surface area contributed by atoms with E-state index in [9.17, 15) is 0 Å². The average Bonchev–Trinajstić information content (AvgIpc) is 3.15. The zero-order chi connectivity index (χ0) is 16.4. The van der Waals surface area contributed by atoms with E-state index in [-0.39, 0.29) is 0 Å². The van der Waals surface area contributed by atoms with Crippen LogP contribution in [0.1, 0.15) is 58.1 Å². The molecule has 0 amide bonds. The maximum atomic E-state index is 6.10. The van der Waals surface area contributed by atoms with Crippen LogP contribution in [-0.4, -0.2) is 22.7 Å². The number of fused-ring (bicyclic) bond motifs is 5. The summed E-state index contributed by atoms with van der Waals surface area (Å²) in [6, 6.07) is 0. The molecule has 2 saturated carbocycles. The second-order valence-electron chi connectivity index (χ2n) is 8.97. The first-order chi connectivity index (χ1) is 11.6. The summed E-state index contributed by atoms with van der Waals surface area (Å²) in [7, 11) is 0. The van der Waals surface area contributed by atoms with Gasteiger partial charge in [-0.25, -0.2) is 0 Å². The zero-order valence-electron chi connectivity index (χ0n) is 14.9. The SMILES string of the molecule is CC12CCC3C(CCC4OCCC43C)C1CC=C2c1cnccn1. The van der Waals surface area contributed by atoms with Gasteiger partial charge in [0.1, 0.15) is 0 Å².